The van der Waals surface area contributed by atoms with E-state index < -0.39 is 0 Å². The first kappa shape index (κ1) is 20.3. The molecule has 0 fully saturated rings. The van der Waals surface area contributed by atoms with Crippen LogP contribution in [0.5, 0.6) is 0 Å². The van der Waals surface area contributed by atoms with Gasteiger partial charge in [-0.1, -0.05) is 60.7 Å². The van der Waals surface area contributed by atoms with E-state index in [1.54, 1.807) is 0 Å². The van der Waals surface area contributed by atoms with E-state index >= 15 is 0 Å². The van der Waals surface area contributed by atoms with E-state index in [0.717, 1.165) is 45.0 Å². The first-order valence-corrected chi connectivity index (χ1v) is 10.0. The quantitative estimate of drug-likeness (QED) is 0.195. The topological polar surface area (TPSA) is 107 Å². The molecule has 0 amide bonds. The summed E-state index contributed by atoms with van der Waals surface area (Å²) in [5.74, 6) is 7.36. The van der Waals surface area contributed by atoms with Crippen LogP contribution in [0.1, 0.15) is 22.8 Å². The lowest BCUT2D eigenvalue weighted by Crippen LogP contribution is -2.23. The fraction of sp³-hybridized carbons (Fsp3) is 0.125. The second-order valence-corrected chi connectivity index (χ2v) is 7.31. The average molecular weight is 412 g/mol. The molecule has 7 nitrogen and oxygen atoms in total. The highest BCUT2D eigenvalue weighted by molar-refractivity contribution is 6.04. The Morgan fingerprint density at radius 3 is 2.29 bits per heavy atom. The summed E-state index contributed by atoms with van der Waals surface area (Å²) in [6.07, 6.45) is 0. The largest absolute Gasteiger partial charge is 0.382 e. The second kappa shape index (κ2) is 8.81. The van der Waals surface area contributed by atoms with Gasteiger partial charge in [0.2, 0.25) is 0 Å². The van der Waals surface area contributed by atoms with Gasteiger partial charge in [0.25, 0.3) is 0 Å². The van der Waals surface area contributed by atoms with Crippen LogP contribution < -0.4 is 17.1 Å². The van der Waals surface area contributed by atoms with Crippen LogP contribution in [0.25, 0.3) is 22.3 Å². The fourth-order valence-corrected chi connectivity index (χ4v) is 3.62. The Hall–Kier alpha value is -3.97. The molecule has 0 saturated carbocycles. The van der Waals surface area contributed by atoms with Crippen molar-refractivity contribution < 1.29 is 0 Å². The SMILES string of the molecule is Cc1nc(C)n(Cc2ccc(-c3cc(-c4ccccc4)ccc3/C(N)=N/NN)cc2)n1. The van der Waals surface area contributed by atoms with Gasteiger partial charge >= 0.3 is 0 Å². The predicted octanol–water partition coefficient (Wildman–Crippen LogP) is 3.36. The first-order valence-electron chi connectivity index (χ1n) is 10.0. The van der Waals surface area contributed by atoms with E-state index in [4.69, 9.17) is 11.6 Å². The van der Waals surface area contributed by atoms with Gasteiger partial charge in [-0.05, 0) is 53.8 Å². The number of benzene rings is 3. The van der Waals surface area contributed by atoms with E-state index in [1.807, 2.05) is 48.9 Å². The third-order valence-corrected chi connectivity index (χ3v) is 5.15. The van der Waals surface area contributed by atoms with Gasteiger partial charge in [0, 0.05) is 5.56 Å². The van der Waals surface area contributed by atoms with E-state index in [2.05, 4.69) is 63.2 Å². The van der Waals surface area contributed by atoms with Gasteiger partial charge in [-0.2, -0.15) is 5.10 Å². The molecule has 7 heteroatoms. The van der Waals surface area contributed by atoms with Gasteiger partial charge in [0.1, 0.15) is 11.6 Å². The molecule has 1 aromatic heterocycles. The standard InChI is InChI=1S/C24H25N7/c1-16-27-17(2)31(29-16)15-18-8-10-20(11-9-18)23-14-21(19-6-4-3-5-7-19)12-13-22(23)24(25)28-30-26/h3-14,30H,15,26H2,1-2H3,(H2,25,28). The summed E-state index contributed by atoms with van der Waals surface area (Å²) >= 11 is 0. The van der Waals surface area contributed by atoms with Crippen LogP contribution in [-0.2, 0) is 6.54 Å². The molecule has 0 atom stereocenters. The van der Waals surface area contributed by atoms with E-state index in [-0.39, 0.29) is 0 Å². The first-order chi connectivity index (χ1) is 15.0. The fourth-order valence-electron chi connectivity index (χ4n) is 3.62. The Bertz CT molecular complexity index is 1210. The van der Waals surface area contributed by atoms with Crippen molar-refractivity contribution in [3.8, 4) is 22.3 Å². The maximum Gasteiger partial charge on any atom is 0.152 e. The number of hydrazone groups is 1. The van der Waals surface area contributed by atoms with Crippen molar-refractivity contribution >= 4 is 5.84 Å². The zero-order valence-corrected chi connectivity index (χ0v) is 17.6. The normalized spacial score (nSPS) is 11.5. The predicted molar refractivity (Wildman–Crippen MR) is 124 cm³/mol. The van der Waals surface area contributed by atoms with Gasteiger partial charge < -0.3 is 5.73 Å². The molecular weight excluding hydrogens is 386 g/mol. The summed E-state index contributed by atoms with van der Waals surface area (Å²) in [4.78, 5) is 4.37. The van der Waals surface area contributed by atoms with Crippen molar-refractivity contribution in [2.45, 2.75) is 20.4 Å². The van der Waals surface area contributed by atoms with Crippen molar-refractivity contribution in [3.05, 3.63) is 95.6 Å². The lowest BCUT2D eigenvalue weighted by Gasteiger charge is -2.13. The van der Waals surface area contributed by atoms with Crippen molar-refractivity contribution in [2.75, 3.05) is 0 Å². The maximum absolute atomic E-state index is 6.17. The Kier molecular flexibility index (Phi) is 5.77. The highest BCUT2D eigenvalue weighted by Gasteiger charge is 2.12. The summed E-state index contributed by atoms with van der Waals surface area (Å²) in [6, 6.07) is 24.7. The highest BCUT2D eigenvalue weighted by Crippen LogP contribution is 2.30. The van der Waals surface area contributed by atoms with Crippen molar-refractivity contribution in [1.82, 2.24) is 20.3 Å². The van der Waals surface area contributed by atoms with E-state index in [1.165, 1.54) is 0 Å². The van der Waals surface area contributed by atoms with Gasteiger partial charge in [0.05, 0.1) is 6.54 Å². The van der Waals surface area contributed by atoms with Crippen LogP contribution in [0, 0.1) is 13.8 Å². The average Bonchev–Trinajstić information content (AvgIpc) is 3.11. The molecule has 0 unspecified atom stereocenters. The van der Waals surface area contributed by atoms with Gasteiger partial charge in [-0.25, -0.2) is 21.0 Å². The Morgan fingerprint density at radius 2 is 1.65 bits per heavy atom. The number of hydrogen-bond acceptors (Lipinski definition) is 5. The summed E-state index contributed by atoms with van der Waals surface area (Å²) in [7, 11) is 0. The lowest BCUT2D eigenvalue weighted by molar-refractivity contribution is 0.656. The number of nitrogens with one attached hydrogen (secondary N) is 1. The van der Waals surface area contributed by atoms with E-state index in [9.17, 15) is 0 Å². The number of rotatable bonds is 6. The number of amidine groups is 1. The Morgan fingerprint density at radius 1 is 0.935 bits per heavy atom. The van der Waals surface area contributed by atoms with Crippen molar-refractivity contribution in [3.63, 3.8) is 0 Å². The second-order valence-electron chi connectivity index (χ2n) is 7.31. The van der Waals surface area contributed by atoms with Crippen LogP contribution in [0.3, 0.4) is 0 Å². The summed E-state index contributed by atoms with van der Waals surface area (Å²) in [5, 5.41) is 8.42. The number of nitrogens with zero attached hydrogens (tertiary/aromatic N) is 4. The molecule has 1 heterocycles. The Balaban J connectivity index is 1.72. The number of hydrogen-bond donors (Lipinski definition) is 3. The third-order valence-electron chi connectivity index (χ3n) is 5.15. The van der Waals surface area contributed by atoms with Crippen LogP contribution in [-0.4, -0.2) is 20.6 Å². The molecule has 0 aliphatic carbocycles. The van der Waals surface area contributed by atoms with Crippen LogP contribution in [0.2, 0.25) is 0 Å². The molecule has 4 aromatic rings. The zero-order chi connectivity index (χ0) is 21.8. The van der Waals surface area contributed by atoms with Crippen LogP contribution in [0.15, 0.2) is 77.9 Å². The number of hydrazine groups is 1. The minimum Gasteiger partial charge on any atom is -0.382 e. The molecule has 4 rings (SSSR count). The maximum atomic E-state index is 6.17. The van der Waals surface area contributed by atoms with E-state index in [0.29, 0.717) is 12.4 Å². The highest BCUT2D eigenvalue weighted by atomic mass is 15.5. The number of aryl methyl sites for hydroxylation is 2. The molecule has 3 aromatic carbocycles. The number of nitrogens with two attached hydrogens (primary N) is 2. The summed E-state index contributed by atoms with van der Waals surface area (Å²) in [6.45, 7) is 4.53. The number of aromatic nitrogens is 3. The Labute approximate surface area is 181 Å². The minimum absolute atomic E-state index is 0.329. The van der Waals surface area contributed by atoms with Gasteiger partial charge in [0.15, 0.2) is 5.84 Å². The zero-order valence-electron chi connectivity index (χ0n) is 17.6. The minimum atomic E-state index is 0.329. The van der Waals surface area contributed by atoms with Gasteiger partial charge in [-0.3, -0.25) is 0 Å². The molecule has 0 bridgehead atoms. The molecule has 0 spiro atoms. The van der Waals surface area contributed by atoms with Crippen LogP contribution in [0.4, 0.5) is 0 Å². The molecule has 156 valence electrons. The lowest BCUT2D eigenvalue weighted by atomic mass is 9.93. The molecule has 5 N–H and O–H groups in total. The molecule has 0 saturated heterocycles. The smallest absolute Gasteiger partial charge is 0.152 e. The summed E-state index contributed by atoms with van der Waals surface area (Å²) in [5.41, 5.74) is 14.7. The monoisotopic (exact) mass is 411 g/mol. The molecule has 0 radical (unpaired) electrons. The van der Waals surface area contributed by atoms with Crippen molar-refractivity contribution in [1.29, 1.82) is 0 Å². The van der Waals surface area contributed by atoms with Gasteiger partial charge in [-0.15, -0.1) is 5.10 Å². The van der Waals surface area contributed by atoms with Crippen molar-refractivity contribution in [2.24, 2.45) is 16.7 Å². The summed E-state index contributed by atoms with van der Waals surface area (Å²) < 4.78 is 1.91. The molecular formula is C24H25N7. The third kappa shape index (κ3) is 4.46. The molecule has 0 aliphatic heterocycles. The molecule has 0 aliphatic rings. The molecule has 31 heavy (non-hydrogen) atoms. The van der Waals surface area contributed by atoms with Crippen LogP contribution >= 0.6 is 0 Å².